The molecule has 0 aliphatic rings. The minimum Gasteiger partial charge on any atom is -0.503 e. The Kier molecular flexibility index (Phi) is 6.75. The molecule has 0 aliphatic carbocycles. The Labute approximate surface area is 175 Å². The van der Waals surface area contributed by atoms with Gasteiger partial charge in [-0.2, -0.15) is 5.10 Å². The van der Waals surface area contributed by atoms with E-state index in [0.29, 0.717) is 17.0 Å². The Bertz CT molecular complexity index is 1060. The summed E-state index contributed by atoms with van der Waals surface area (Å²) in [5, 5.41) is 4.54. The Morgan fingerprint density at radius 3 is 2.53 bits per heavy atom. The molecule has 0 radical (unpaired) electrons. The highest BCUT2D eigenvalue weighted by Gasteiger charge is 2.18. The van der Waals surface area contributed by atoms with Crippen molar-refractivity contribution in [2.45, 2.75) is 6.61 Å². The molecule has 7 heteroatoms. The van der Waals surface area contributed by atoms with Gasteiger partial charge < -0.3 is 18.9 Å². The predicted molar refractivity (Wildman–Crippen MR) is 113 cm³/mol. The third kappa shape index (κ3) is 4.46. The van der Waals surface area contributed by atoms with Crippen molar-refractivity contribution < 1.29 is 23.7 Å². The monoisotopic (exact) mass is 408 g/mol. The molecular formula is C23H24N2O5. The van der Waals surface area contributed by atoms with Crippen molar-refractivity contribution in [2.24, 2.45) is 7.05 Å². The van der Waals surface area contributed by atoms with E-state index in [4.69, 9.17) is 18.9 Å². The Morgan fingerprint density at radius 2 is 1.80 bits per heavy atom. The predicted octanol–water partition coefficient (Wildman–Crippen LogP) is 3.84. The van der Waals surface area contributed by atoms with Crippen LogP contribution in [-0.2, 0) is 27.9 Å². The van der Waals surface area contributed by atoms with E-state index in [9.17, 15) is 4.79 Å². The summed E-state index contributed by atoms with van der Waals surface area (Å²) in [6.45, 7) is 0.235. The van der Waals surface area contributed by atoms with Crippen LogP contribution in [0.5, 0.6) is 11.6 Å². The van der Waals surface area contributed by atoms with Gasteiger partial charge >= 0.3 is 5.97 Å². The molecule has 7 nitrogen and oxygen atoms in total. The lowest BCUT2D eigenvalue weighted by Crippen LogP contribution is -2.09. The van der Waals surface area contributed by atoms with Crippen LogP contribution < -0.4 is 9.47 Å². The minimum absolute atomic E-state index is 0.235. The molecule has 0 spiro atoms. The fourth-order valence-electron chi connectivity index (χ4n) is 3.08. The molecule has 0 atom stereocenters. The molecule has 0 aliphatic heterocycles. The number of benzene rings is 2. The van der Waals surface area contributed by atoms with Gasteiger partial charge in [0.2, 0.25) is 5.88 Å². The number of esters is 1. The number of nitrogens with zero attached hydrogens (tertiary/aromatic N) is 2. The van der Waals surface area contributed by atoms with Crippen LogP contribution in [0.25, 0.3) is 16.8 Å². The topological polar surface area (TPSA) is 71.8 Å². The molecule has 0 unspecified atom stereocenters. The van der Waals surface area contributed by atoms with E-state index in [1.807, 2.05) is 61.6 Å². The lowest BCUT2D eigenvalue weighted by molar-refractivity contribution is -0.133. The number of para-hydroxylation sites is 1. The first kappa shape index (κ1) is 21.0. The van der Waals surface area contributed by atoms with Crippen molar-refractivity contribution in [3.63, 3.8) is 0 Å². The van der Waals surface area contributed by atoms with Crippen LogP contribution in [0.3, 0.4) is 0 Å². The number of aryl methyl sites for hydroxylation is 1. The van der Waals surface area contributed by atoms with Crippen LogP contribution in [0.2, 0.25) is 0 Å². The van der Waals surface area contributed by atoms with Gasteiger partial charge in [0.1, 0.15) is 17.9 Å². The molecule has 3 aromatic rings. The summed E-state index contributed by atoms with van der Waals surface area (Å²) in [4.78, 5) is 12.2. The van der Waals surface area contributed by atoms with E-state index < -0.39 is 5.97 Å². The zero-order valence-electron chi connectivity index (χ0n) is 17.4. The van der Waals surface area contributed by atoms with Gasteiger partial charge in [-0.05, 0) is 23.3 Å². The first-order chi connectivity index (χ1) is 14.6. The largest absolute Gasteiger partial charge is 0.503 e. The number of carbonyl (C=O) groups is 1. The van der Waals surface area contributed by atoms with Gasteiger partial charge in [-0.15, -0.1) is 0 Å². The van der Waals surface area contributed by atoms with Gasteiger partial charge in [-0.3, -0.25) is 0 Å². The molecule has 0 bridgehead atoms. The number of aromatic nitrogens is 2. The van der Waals surface area contributed by atoms with E-state index in [2.05, 4.69) is 5.10 Å². The SMILES string of the molecule is CO/C=C(/C(=O)OC)c1ccccc1COc1cc(-c2ccccc2OC)nn1C. The van der Waals surface area contributed by atoms with Gasteiger partial charge in [0.25, 0.3) is 0 Å². The van der Waals surface area contributed by atoms with Gasteiger partial charge in [0, 0.05) is 18.7 Å². The Hall–Kier alpha value is -3.74. The molecular weight excluding hydrogens is 384 g/mol. The smallest absolute Gasteiger partial charge is 0.341 e. The lowest BCUT2D eigenvalue weighted by Gasteiger charge is -2.12. The molecule has 156 valence electrons. The van der Waals surface area contributed by atoms with Crippen LogP contribution in [-0.4, -0.2) is 37.1 Å². The van der Waals surface area contributed by atoms with Crippen LogP contribution in [0.15, 0.2) is 60.9 Å². The number of carbonyl (C=O) groups excluding carboxylic acids is 1. The summed E-state index contributed by atoms with van der Waals surface area (Å²) < 4.78 is 23.0. The van der Waals surface area contributed by atoms with Gasteiger partial charge in [-0.1, -0.05) is 36.4 Å². The number of hydrogen-bond acceptors (Lipinski definition) is 6. The molecule has 0 fully saturated rings. The number of hydrogen-bond donors (Lipinski definition) is 0. The zero-order chi connectivity index (χ0) is 21.5. The van der Waals surface area contributed by atoms with Gasteiger partial charge in [-0.25, -0.2) is 9.48 Å². The molecule has 2 aromatic carbocycles. The van der Waals surface area contributed by atoms with E-state index in [-0.39, 0.29) is 6.61 Å². The molecule has 0 amide bonds. The Morgan fingerprint density at radius 1 is 1.07 bits per heavy atom. The second-order valence-electron chi connectivity index (χ2n) is 6.40. The maximum absolute atomic E-state index is 12.2. The normalized spacial score (nSPS) is 11.1. The van der Waals surface area contributed by atoms with Crippen molar-refractivity contribution in [1.29, 1.82) is 0 Å². The minimum atomic E-state index is -0.483. The lowest BCUT2D eigenvalue weighted by atomic mass is 10.0. The summed E-state index contributed by atoms with van der Waals surface area (Å²) in [7, 11) is 6.25. The number of methoxy groups -OCH3 is 3. The summed E-state index contributed by atoms with van der Waals surface area (Å²) in [5.74, 6) is 0.837. The highest BCUT2D eigenvalue weighted by atomic mass is 16.5. The fraction of sp³-hybridized carbons (Fsp3) is 0.217. The molecule has 0 saturated carbocycles. The standard InChI is InChI=1S/C23H24N2O5/c1-25-22(13-20(24-25)18-11-7-8-12-21(18)28-3)30-14-16-9-5-6-10-17(16)19(15-27-2)23(26)29-4/h5-13,15H,14H2,1-4H3/b19-15+. The van der Waals surface area contributed by atoms with Crippen LogP contribution in [0, 0.1) is 0 Å². The first-order valence-corrected chi connectivity index (χ1v) is 9.28. The van der Waals surface area contributed by atoms with Gasteiger partial charge in [0.05, 0.1) is 33.3 Å². The molecule has 3 rings (SSSR count). The third-order valence-electron chi connectivity index (χ3n) is 4.54. The van der Waals surface area contributed by atoms with E-state index >= 15 is 0 Å². The Balaban J connectivity index is 1.86. The third-order valence-corrected chi connectivity index (χ3v) is 4.54. The van der Waals surface area contributed by atoms with E-state index in [1.165, 1.54) is 20.5 Å². The van der Waals surface area contributed by atoms with E-state index in [0.717, 1.165) is 22.6 Å². The second-order valence-corrected chi connectivity index (χ2v) is 6.40. The quantitative estimate of drug-likeness (QED) is 0.320. The fourth-order valence-corrected chi connectivity index (χ4v) is 3.08. The zero-order valence-corrected chi connectivity index (χ0v) is 17.4. The van der Waals surface area contributed by atoms with Crippen molar-refractivity contribution in [3.05, 3.63) is 72.0 Å². The number of rotatable bonds is 8. The number of ether oxygens (including phenoxy) is 4. The summed E-state index contributed by atoms with van der Waals surface area (Å²) in [6, 6.07) is 17.0. The van der Waals surface area contributed by atoms with Crippen molar-refractivity contribution in [2.75, 3.05) is 21.3 Å². The summed E-state index contributed by atoms with van der Waals surface area (Å²) in [6.07, 6.45) is 1.37. The van der Waals surface area contributed by atoms with Crippen molar-refractivity contribution in [3.8, 4) is 22.9 Å². The van der Waals surface area contributed by atoms with Crippen molar-refractivity contribution in [1.82, 2.24) is 9.78 Å². The molecule has 0 N–H and O–H groups in total. The molecule has 1 aromatic heterocycles. The summed E-state index contributed by atoms with van der Waals surface area (Å²) >= 11 is 0. The van der Waals surface area contributed by atoms with Crippen molar-refractivity contribution >= 4 is 11.5 Å². The van der Waals surface area contributed by atoms with Crippen LogP contribution in [0.1, 0.15) is 11.1 Å². The molecule has 30 heavy (non-hydrogen) atoms. The molecule has 1 heterocycles. The average Bonchev–Trinajstić information content (AvgIpc) is 3.16. The average molecular weight is 408 g/mol. The maximum Gasteiger partial charge on any atom is 0.341 e. The highest BCUT2D eigenvalue weighted by molar-refractivity contribution is 6.16. The summed E-state index contributed by atoms with van der Waals surface area (Å²) in [5.41, 5.74) is 3.43. The van der Waals surface area contributed by atoms with Crippen LogP contribution >= 0.6 is 0 Å². The second kappa shape index (κ2) is 9.65. The molecule has 0 saturated heterocycles. The van der Waals surface area contributed by atoms with Gasteiger partial charge in [0.15, 0.2) is 0 Å². The van der Waals surface area contributed by atoms with E-state index in [1.54, 1.807) is 11.8 Å². The highest BCUT2D eigenvalue weighted by Crippen LogP contribution is 2.31. The maximum atomic E-state index is 12.2. The van der Waals surface area contributed by atoms with Crippen LogP contribution in [0.4, 0.5) is 0 Å². The first-order valence-electron chi connectivity index (χ1n) is 9.28.